The Morgan fingerprint density at radius 2 is 1.21 bits per heavy atom. The normalized spacial score (nSPS) is 13.5. The summed E-state index contributed by atoms with van der Waals surface area (Å²) < 4.78 is 15.2. The molecule has 1 aliphatic rings. The number of rotatable bonds is 3. The number of para-hydroxylation sites is 3. The standard InChI is InChI=1S/C51H27N3O2/c52-27-29-13-18-37-42(25-29)48-41(20-19-39-36-8-2-5-11-44(36)56-51(39)48)47(37)33-24-30(28-53)23-32(26-33)31-14-16-34(17-15-31)54-43-10-4-1-7-35(43)38-21-22-46-49(50(38)54)40-9-3-6-12-45(40)55-46/h1-26,47H. The van der Waals surface area contributed by atoms with E-state index in [1.165, 1.54) is 10.8 Å². The van der Waals surface area contributed by atoms with E-state index in [-0.39, 0.29) is 5.92 Å². The lowest BCUT2D eigenvalue weighted by Gasteiger charge is -2.17. The predicted molar refractivity (Wildman–Crippen MR) is 223 cm³/mol. The molecule has 0 N–H and O–H groups in total. The average Bonchev–Trinajstić information content (AvgIpc) is 4.00. The van der Waals surface area contributed by atoms with Gasteiger partial charge in [0.05, 0.1) is 39.7 Å². The van der Waals surface area contributed by atoms with E-state index >= 15 is 0 Å². The van der Waals surface area contributed by atoms with E-state index in [1.54, 1.807) is 0 Å². The lowest BCUT2D eigenvalue weighted by molar-refractivity contribution is 0.669. The maximum atomic E-state index is 10.4. The summed E-state index contributed by atoms with van der Waals surface area (Å²) in [5, 5.41) is 26.9. The fourth-order valence-electron chi connectivity index (χ4n) is 9.33. The number of nitriles is 2. The van der Waals surface area contributed by atoms with Gasteiger partial charge in [-0.15, -0.1) is 0 Å². The maximum Gasteiger partial charge on any atom is 0.143 e. The molecule has 0 amide bonds. The lowest BCUT2D eigenvalue weighted by atomic mass is 9.86. The second kappa shape index (κ2) is 11.3. The van der Waals surface area contributed by atoms with Crippen LogP contribution in [0.1, 0.15) is 33.7 Å². The third kappa shape index (κ3) is 4.17. The molecule has 1 aliphatic carbocycles. The highest BCUT2D eigenvalue weighted by molar-refractivity contribution is 6.24. The van der Waals surface area contributed by atoms with Crippen LogP contribution in [-0.2, 0) is 0 Å². The monoisotopic (exact) mass is 713 g/mol. The Morgan fingerprint density at radius 1 is 0.500 bits per heavy atom. The summed E-state index contributed by atoms with van der Waals surface area (Å²) in [6.45, 7) is 0. The lowest BCUT2D eigenvalue weighted by Crippen LogP contribution is -2.01. The van der Waals surface area contributed by atoms with Gasteiger partial charge in [-0.1, -0.05) is 91.0 Å². The van der Waals surface area contributed by atoms with Gasteiger partial charge in [0.2, 0.25) is 0 Å². The van der Waals surface area contributed by atoms with Gasteiger partial charge < -0.3 is 13.4 Å². The van der Waals surface area contributed by atoms with Gasteiger partial charge in [-0.05, 0) is 100 Å². The number of hydrogen-bond acceptors (Lipinski definition) is 4. The van der Waals surface area contributed by atoms with E-state index in [2.05, 4.69) is 120 Å². The highest BCUT2D eigenvalue weighted by Crippen LogP contribution is 2.53. The molecule has 12 rings (SSSR count). The largest absolute Gasteiger partial charge is 0.456 e. The Labute approximate surface area is 320 Å². The summed E-state index contributed by atoms with van der Waals surface area (Å²) in [6.07, 6.45) is 0. The van der Waals surface area contributed by atoms with Gasteiger partial charge in [0, 0.05) is 44.1 Å². The van der Waals surface area contributed by atoms with Crippen molar-refractivity contribution in [3.63, 3.8) is 0 Å². The van der Waals surface area contributed by atoms with Crippen molar-refractivity contribution in [3.05, 3.63) is 186 Å². The first kappa shape index (κ1) is 30.6. The summed E-state index contributed by atoms with van der Waals surface area (Å²) >= 11 is 0. The first-order chi connectivity index (χ1) is 27.7. The molecule has 0 aliphatic heterocycles. The second-order valence-electron chi connectivity index (χ2n) is 14.6. The van der Waals surface area contributed by atoms with Crippen molar-refractivity contribution in [1.29, 1.82) is 10.5 Å². The van der Waals surface area contributed by atoms with Gasteiger partial charge in [0.25, 0.3) is 0 Å². The summed E-state index contributed by atoms with van der Waals surface area (Å²) in [5.41, 5.74) is 15.0. The van der Waals surface area contributed by atoms with E-state index in [0.717, 1.165) is 99.5 Å². The zero-order valence-corrected chi connectivity index (χ0v) is 29.7. The van der Waals surface area contributed by atoms with Crippen LogP contribution >= 0.6 is 0 Å². The Hall–Kier alpha value is -7.86. The Kier molecular flexibility index (Phi) is 6.18. The average molecular weight is 714 g/mol. The van der Waals surface area contributed by atoms with Crippen LogP contribution in [0.5, 0.6) is 0 Å². The number of hydrogen-bond donors (Lipinski definition) is 0. The van der Waals surface area contributed by atoms with Crippen LogP contribution in [0.4, 0.5) is 0 Å². The van der Waals surface area contributed by atoms with Crippen molar-refractivity contribution in [1.82, 2.24) is 4.57 Å². The molecule has 258 valence electrons. The molecule has 56 heavy (non-hydrogen) atoms. The van der Waals surface area contributed by atoms with Gasteiger partial charge in [0.1, 0.15) is 22.3 Å². The van der Waals surface area contributed by atoms with Gasteiger partial charge in [-0.2, -0.15) is 10.5 Å². The number of fused-ring (bicyclic) bond motifs is 14. The highest BCUT2D eigenvalue weighted by atomic mass is 16.3. The molecule has 0 fully saturated rings. The van der Waals surface area contributed by atoms with Crippen LogP contribution in [-0.4, -0.2) is 4.57 Å². The van der Waals surface area contributed by atoms with Gasteiger partial charge in [0.15, 0.2) is 0 Å². The van der Waals surface area contributed by atoms with E-state index in [1.807, 2.05) is 54.6 Å². The van der Waals surface area contributed by atoms with E-state index in [4.69, 9.17) is 8.83 Å². The van der Waals surface area contributed by atoms with Crippen LogP contribution in [0.25, 0.3) is 93.6 Å². The molecule has 0 radical (unpaired) electrons. The van der Waals surface area contributed by atoms with Crippen molar-refractivity contribution in [2.75, 3.05) is 0 Å². The van der Waals surface area contributed by atoms with E-state index in [0.29, 0.717) is 11.1 Å². The Balaban J connectivity index is 1.03. The molecule has 0 spiro atoms. The van der Waals surface area contributed by atoms with Crippen molar-refractivity contribution in [3.8, 4) is 40.1 Å². The molecular formula is C51H27N3O2. The Morgan fingerprint density at radius 3 is 2.04 bits per heavy atom. The molecule has 0 saturated heterocycles. The van der Waals surface area contributed by atoms with Crippen molar-refractivity contribution >= 4 is 65.7 Å². The van der Waals surface area contributed by atoms with Crippen LogP contribution in [0.3, 0.4) is 0 Å². The number of aromatic nitrogens is 1. The number of nitrogens with zero attached hydrogens (tertiary/aromatic N) is 3. The minimum Gasteiger partial charge on any atom is -0.456 e. The number of benzene rings is 8. The quantitative estimate of drug-likeness (QED) is 0.183. The summed E-state index contributed by atoms with van der Waals surface area (Å²) in [6, 6.07) is 59.0. The fraction of sp³-hybridized carbons (Fsp3) is 0.0196. The van der Waals surface area contributed by atoms with E-state index < -0.39 is 0 Å². The molecule has 0 bridgehead atoms. The maximum absolute atomic E-state index is 10.4. The molecule has 5 nitrogen and oxygen atoms in total. The SMILES string of the molecule is N#Cc1cc(-c2ccc(-n3c4ccccc4c4ccc5oc6ccccc6c5c43)cc2)cc(C2c3ccc(C#N)cc3-c3c2ccc2c3oc3ccccc32)c1. The van der Waals surface area contributed by atoms with Gasteiger partial charge >= 0.3 is 0 Å². The molecule has 3 aromatic heterocycles. The topological polar surface area (TPSA) is 78.8 Å². The third-order valence-corrected chi connectivity index (χ3v) is 11.7. The molecule has 1 atom stereocenters. The minimum atomic E-state index is -0.151. The van der Waals surface area contributed by atoms with Crippen LogP contribution < -0.4 is 0 Å². The first-order valence-electron chi connectivity index (χ1n) is 18.6. The molecule has 1 unspecified atom stereocenters. The zero-order chi connectivity index (χ0) is 37.1. The molecule has 0 saturated carbocycles. The highest BCUT2D eigenvalue weighted by Gasteiger charge is 2.34. The van der Waals surface area contributed by atoms with Crippen LogP contribution in [0.15, 0.2) is 167 Å². The molecule has 11 aromatic rings. The minimum absolute atomic E-state index is 0.151. The predicted octanol–water partition coefficient (Wildman–Crippen LogP) is 13.2. The summed E-state index contributed by atoms with van der Waals surface area (Å²) in [4.78, 5) is 0. The first-order valence-corrected chi connectivity index (χ1v) is 18.6. The van der Waals surface area contributed by atoms with Crippen molar-refractivity contribution in [2.24, 2.45) is 0 Å². The van der Waals surface area contributed by atoms with Crippen molar-refractivity contribution < 1.29 is 8.83 Å². The van der Waals surface area contributed by atoms with Gasteiger partial charge in [-0.3, -0.25) is 0 Å². The smallest absolute Gasteiger partial charge is 0.143 e. The van der Waals surface area contributed by atoms with Gasteiger partial charge in [-0.25, -0.2) is 0 Å². The number of furan rings is 2. The third-order valence-electron chi connectivity index (χ3n) is 11.7. The molecule has 3 heterocycles. The van der Waals surface area contributed by atoms with Crippen LogP contribution in [0.2, 0.25) is 0 Å². The molecule has 8 aromatic carbocycles. The second-order valence-corrected chi connectivity index (χ2v) is 14.6. The van der Waals surface area contributed by atoms with Crippen molar-refractivity contribution in [2.45, 2.75) is 5.92 Å². The Bertz CT molecular complexity index is 3570. The summed E-state index contributed by atoms with van der Waals surface area (Å²) in [7, 11) is 0. The van der Waals surface area contributed by atoms with E-state index in [9.17, 15) is 10.5 Å². The molecule has 5 heteroatoms. The molecular weight excluding hydrogens is 687 g/mol. The summed E-state index contributed by atoms with van der Waals surface area (Å²) in [5.74, 6) is -0.151. The zero-order valence-electron chi connectivity index (χ0n) is 29.7. The van der Waals surface area contributed by atoms with Crippen LogP contribution in [0, 0.1) is 22.7 Å². The fourth-order valence-corrected chi connectivity index (χ4v) is 9.33.